The summed E-state index contributed by atoms with van der Waals surface area (Å²) in [6, 6.07) is -0.141. The van der Waals surface area contributed by atoms with Crippen LogP contribution >= 0.6 is 12.4 Å². The number of rotatable bonds is 2. The van der Waals surface area contributed by atoms with E-state index < -0.39 is 22.7 Å². The Labute approximate surface area is 95.5 Å². The van der Waals surface area contributed by atoms with Gasteiger partial charge in [-0.25, -0.2) is 13.4 Å². The third-order valence-corrected chi connectivity index (χ3v) is 2.41. The summed E-state index contributed by atoms with van der Waals surface area (Å²) in [5.41, 5.74) is 5.29. The van der Waals surface area contributed by atoms with Gasteiger partial charge < -0.3 is 5.73 Å². The number of sulfone groups is 1. The summed E-state index contributed by atoms with van der Waals surface area (Å²) < 4.78 is 51.6. The maximum absolute atomic E-state index is 11.3. The largest absolute Gasteiger partial charge is 0.324 e. The lowest BCUT2D eigenvalue weighted by molar-refractivity contribution is 0.598. The first kappa shape index (κ1) is 7.62. The smallest absolute Gasteiger partial charge is 0.192 e. The molecule has 0 fully saturated rings. The third-order valence-electron chi connectivity index (χ3n) is 1.43. The molecule has 0 saturated heterocycles. The van der Waals surface area contributed by atoms with Crippen molar-refractivity contribution in [1.82, 2.24) is 4.98 Å². The lowest BCUT2D eigenvalue weighted by Crippen LogP contribution is -2.07. The van der Waals surface area contributed by atoms with Gasteiger partial charge >= 0.3 is 0 Å². The van der Waals surface area contributed by atoms with E-state index in [4.69, 9.17) is 11.2 Å². The normalized spacial score (nSPS) is 20.4. The SMILES string of the molecule is Cl.[2H]C([2H])([2H])[C@]([2H])(N)c1ccnc(S(C)(=O)=O)c1. The minimum atomic E-state index is -3.56. The standard InChI is InChI=1S/C8H12N2O2S.ClH/c1-6(9)7-3-4-10-8(5-7)13(2,11)12;/h3-6H,9H2,1-2H3;1H/t6-;/m0./s1/i1D3,6D;. The summed E-state index contributed by atoms with van der Waals surface area (Å²) in [5, 5.41) is -0.304. The van der Waals surface area contributed by atoms with Crippen molar-refractivity contribution < 1.29 is 13.9 Å². The average molecular weight is 241 g/mol. The Morgan fingerprint density at radius 2 is 2.36 bits per heavy atom. The van der Waals surface area contributed by atoms with Crippen molar-refractivity contribution in [2.24, 2.45) is 5.73 Å². The van der Waals surface area contributed by atoms with E-state index in [0.29, 0.717) is 0 Å². The van der Waals surface area contributed by atoms with Gasteiger partial charge in [-0.2, -0.15) is 0 Å². The summed E-state index contributed by atoms with van der Waals surface area (Å²) in [6.07, 6.45) is 2.06. The van der Waals surface area contributed by atoms with E-state index in [9.17, 15) is 8.42 Å². The van der Waals surface area contributed by atoms with Gasteiger partial charge in [0.25, 0.3) is 0 Å². The van der Waals surface area contributed by atoms with Crippen LogP contribution in [0.3, 0.4) is 0 Å². The molecule has 0 saturated carbocycles. The molecule has 0 unspecified atom stereocenters. The van der Waals surface area contributed by atoms with Crippen LogP contribution in [0.25, 0.3) is 0 Å². The molecule has 1 heterocycles. The zero-order valence-corrected chi connectivity index (χ0v) is 9.02. The molecule has 14 heavy (non-hydrogen) atoms. The molecule has 0 bridgehead atoms. The Bertz CT molecular complexity index is 530. The minimum Gasteiger partial charge on any atom is -0.324 e. The molecule has 80 valence electrons. The number of aromatic nitrogens is 1. The van der Waals surface area contributed by atoms with Gasteiger partial charge in [-0.05, 0) is 24.5 Å². The highest BCUT2D eigenvalue weighted by Gasteiger charge is 2.10. The van der Waals surface area contributed by atoms with Gasteiger partial charge in [0.15, 0.2) is 14.9 Å². The third kappa shape index (κ3) is 3.25. The first-order chi connectivity index (χ1) is 7.46. The van der Waals surface area contributed by atoms with Crippen molar-refractivity contribution in [3.05, 3.63) is 23.9 Å². The van der Waals surface area contributed by atoms with Gasteiger partial charge in [0.05, 0.1) is 1.37 Å². The van der Waals surface area contributed by atoms with Gasteiger partial charge in [0.2, 0.25) is 0 Å². The van der Waals surface area contributed by atoms with E-state index in [2.05, 4.69) is 4.98 Å². The Balaban J connectivity index is 0.00000289. The minimum absolute atomic E-state index is 0. The van der Waals surface area contributed by atoms with Gasteiger partial charge in [-0.1, -0.05) is 0 Å². The second-order valence-electron chi connectivity index (χ2n) is 2.57. The fourth-order valence-corrected chi connectivity index (χ4v) is 1.37. The molecule has 0 aliphatic carbocycles. The second-order valence-corrected chi connectivity index (χ2v) is 4.53. The molecular weight excluding hydrogens is 224 g/mol. The first-order valence-electron chi connectivity index (χ1n) is 5.42. The van der Waals surface area contributed by atoms with Crippen molar-refractivity contribution in [3.8, 4) is 0 Å². The highest BCUT2D eigenvalue weighted by Crippen LogP contribution is 2.12. The molecule has 0 radical (unpaired) electrons. The van der Waals surface area contributed by atoms with Crippen molar-refractivity contribution in [3.63, 3.8) is 0 Å². The van der Waals surface area contributed by atoms with Gasteiger partial charge in [0, 0.05) is 22.6 Å². The van der Waals surface area contributed by atoms with E-state index >= 15 is 0 Å². The Morgan fingerprint density at radius 3 is 2.86 bits per heavy atom. The number of nitrogens with two attached hydrogens (primary N) is 1. The molecule has 0 aliphatic heterocycles. The lowest BCUT2D eigenvalue weighted by Gasteiger charge is -2.05. The van der Waals surface area contributed by atoms with Crippen molar-refractivity contribution >= 4 is 22.2 Å². The Kier molecular flexibility index (Phi) is 2.57. The number of hydrogen-bond acceptors (Lipinski definition) is 4. The van der Waals surface area contributed by atoms with Crippen LogP contribution in [-0.2, 0) is 9.84 Å². The average Bonchev–Trinajstić information content (AvgIpc) is 2.15. The van der Waals surface area contributed by atoms with Crippen LogP contribution in [0.4, 0.5) is 0 Å². The summed E-state index contributed by atoms with van der Waals surface area (Å²) >= 11 is 0. The molecule has 1 aromatic heterocycles. The van der Waals surface area contributed by atoms with Crippen LogP contribution in [0.15, 0.2) is 23.4 Å². The fraction of sp³-hybridized carbons (Fsp3) is 0.375. The molecular formula is C8H13ClN2O2S. The maximum atomic E-state index is 11.3. The van der Waals surface area contributed by atoms with Gasteiger partial charge in [-0.15, -0.1) is 12.4 Å². The number of pyridine rings is 1. The fourth-order valence-electron chi connectivity index (χ4n) is 0.780. The van der Waals surface area contributed by atoms with Crippen LogP contribution in [0, 0.1) is 0 Å². The van der Waals surface area contributed by atoms with Crippen LogP contribution < -0.4 is 5.73 Å². The van der Waals surface area contributed by atoms with Crippen LogP contribution in [0.2, 0.25) is 0 Å². The molecule has 6 heteroatoms. The Morgan fingerprint density at radius 1 is 1.71 bits per heavy atom. The monoisotopic (exact) mass is 240 g/mol. The topological polar surface area (TPSA) is 73.0 Å². The Hall–Kier alpha value is -0.650. The zero-order chi connectivity index (χ0) is 13.5. The van der Waals surface area contributed by atoms with Crippen molar-refractivity contribution in [2.75, 3.05) is 6.26 Å². The highest BCUT2D eigenvalue weighted by atomic mass is 35.5. The van der Waals surface area contributed by atoms with E-state index in [1.165, 1.54) is 6.07 Å². The van der Waals surface area contributed by atoms with E-state index in [1.807, 2.05) is 0 Å². The molecule has 1 rings (SSSR count). The summed E-state index contributed by atoms with van der Waals surface area (Å²) in [7, 11) is -3.56. The molecule has 2 N–H and O–H groups in total. The van der Waals surface area contributed by atoms with Gasteiger partial charge in [-0.3, -0.25) is 0 Å². The van der Waals surface area contributed by atoms with Gasteiger partial charge in [0.1, 0.15) is 0 Å². The predicted molar refractivity (Wildman–Crippen MR) is 57.2 cm³/mol. The summed E-state index contributed by atoms with van der Waals surface area (Å²) in [4.78, 5) is 3.60. The first-order valence-corrected chi connectivity index (χ1v) is 5.31. The molecule has 1 aromatic rings. The molecule has 0 amide bonds. The molecule has 1 atom stereocenters. The molecule has 0 aromatic carbocycles. The van der Waals surface area contributed by atoms with Crippen LogP contribution in [-0.4, -0.2) is 19.7 Å². The van der Waals surface area contributed by atoms with E-state index in [-0.39, 0.29) is 23.0 Å². The number of nitrogens with zero attached hydrogens (tertiary/aromatic N) is 1. The van der Waals surface area contributed by atoms with E-state index in [1.54, 1.807) is 0 Å². The highest BCUT2D eigenvalue weighted by molar-refractivity contribution is 7.90. The maximum Gasteiger partial charge on any atom is 0.192 e. The van der Waals surface area contributed by atoms with Crippen molar-refractivity contribution in [2.45, 2.75) is 17.9 Å². The van der Waals surface area contributed by atoms with Crippen LogP contribution in [0.5, 0.6) is 0 Å². The zero-order valence-electron chi connectivity index (χ0n) is 11.4. The quantitative estimate of drug-likeness (QED) is 0.835. The summed E-state index contributed by atoms with van der Waals surface area (Å²) in [6.45, 7) is -2.76. The molecule has 4 nitrogen and oxygen atoms in total. The molecule has 0 aliphatic rings. The second kappa shape index (κ2) is 4.72. The number of halogens is 1. The van der Waals surface area contributed by atoms with Crippen molar-refractivity contribution in [1.29, 1.82) is 0 Å². The summed E-state index contributed by atoms with van der Waals surface area (Å²) in [5.74, 6) is 0. The lowest BCUT2D eigenvalue weighted by atomic mass is 10.1. The number of hydrogen-bond donors (Lipinski definition) is 1. The predicted octanol–water partition coefficient (Wildman–Crippen LogP) is 0.927. The van der Waals surface area contributed by atoms with E-state index in [0.717, 1.165) is 18.5 Å². The molecule has 0 spiro atoms. The van der Waals surface area contributed by atoms with Crippen LogP contribution in [0.1, 0.15) is 23.9 Å².